The van der Waals surface area contributed by atoms with Gasteiger partial charge in [0.25, 0.3) is 11.8 Å². The molecule has 1 aromatic rings. The van der Waals surface area contributed by atoms with E-state index in [-0.39, 0.29) is 18.5 Å². The van der Waals surface area contributed by atoms with Gasteiger partial charge in [-0.2, -0.15) is 0 Å². The molecule has 1 aliphatic carbocycles. The van der Waals surface area contributed by atoms with E-state index in [4.69, 9.17) is 4.74 Å². The minimum absolute atomic E-state index is 0.243. The highest BCUT2D eigenvalue weighted by Gasteiger charge is 2.20. The molecular formula is C20H28N2O4. The summed E-state index contributed by atoms with van der Waals surface area (Å²) in [5.74, 6) is -0.312. The van der Waals surface area contributed by atoms with Crippen LogP contribution >= 0.6 is 0 Å². The molecule has 0 aliphatic heterocycles. The van der Waals surface area contributed by atoms with Crippen molar-refractivity contribution in [2.45, 2.75) is 46.0 Å². The van der Waals surface area contributed by atoms with Crippen molar-refractivity contribution in [3.05, 3.63) is 29.8 Å². The van der Waals surface area contributed by atoms with Gasteiger partial charge in [-0.15, -0.1) is 0 Å². The van der Waals surface area contributed by atoms with Crippen molar-refractivity contribution >= 4 is 23.5 Å². The molecule has 1 saturated carbocycles. The van der Waals surface area contributed by atoms with Gasteiger partial charge in [0.1, 0.15) is 0 Å². The fourth-order valence-corrected chi connectivity index (χ4v) is 3.02. The Balaban J connectivity index is 1.84. The maximum atomic E-state index is 12.3. The van der Waals surface area contributed by atoms with Gasteiger partial charge in [0.05, 0.1) is 11.3 Å². The van der Waals surface area contributed by atoms with Crippen LogP contribution in [0.15, 0.2) is 24.3 Å². The summed E-state index contributed by atoms with van der Waals surface area (Å²) in [5.41, 5.74) is 0.796. The van der Waals surface area contributed by atoms with E-state index in [1.54, 1.807) is 24.3 Å². The van der Waals surface area contributed by atoms with Crippen molar-refractivity contribution in [2.75, 3.05) is 18.5 Å². The molecule has 6 nitrogen and oxygen atoms in total. The molecule has 2 N–H and O–H groups in total. The van der Waals surface area contributed by atoms with Crippen LogP contribution in [0.25, 0.3) is 0 Å². The predicted molar refractivity (Wildman–Crippen MR) is 99.8 cm³/mol. The van der Waals surface area contributed by atoms with Crippen molar-refractivity contribution in [2.24, 2.45) is 11.8 Å². The Morgan fingerprint density at radius 1 is 1.15 bits per heavy atom. The topological polar surface area (TPSA) is 84.5 Å². The lowest BCUT2D eigenvalue weighted by Gasteiger charge is -2.13. The maximum absolute atomic E-state index is 12.3. The molecule has 0 heterocycles. The number of ether oxygens (including phenoxy) is 1. The van der Waals surface area contributed by atoms with E-state index in [0.29, 0.717) is 36.1 Å². The SMILES string of the molecule is CC(C)CNC(=O)c1ccccc1NC(=O)COC(=O)CC1CCCC1. The number of para-hydroxylation sites is 1. The summed E-state index contributed by atoms with van der Waals surface area (Å²) in [4.78, 5) is 36.2. The summed E-state index contributed by atoms with van der Waals surface area (Å²) in [7, 11) is 0. The highest BCUT2D eigenvalue weighted by Crippen LogP contribution is 2.27. The Labute approximate surface area is 154 Å². The number of esters is 1. The first kappa shape index (κ1) is 19.9. The van der Waals surface area contributed by atoms with Crippen LogP contribution in [0.4, 0.5) is 5.69 Å². The lowest BCUT2D eigenvalue weighted by molar-refractivity contribution is -0.148. The van der Waals surface area contributed by atoms with Crippen LogP contribution in [0.1, 0.15) is 56.3 Å². The molecule has 2 amide bonds. The van der Waals surface area contributed by atoms with Gasteiger partial charge in [0.2, 0.25) is 0 Å². The van der Waals surface area contributed by atoms with E-state index in [9.17, 15) is 14.4 Å². The average Bonchev–Trinajstić information content (AvgIpc) is 3.11. The number of carbonyl (C=O) groups excluding carboxylic acids is 3. The average molecular weight is 360 g/mol. The zero-order chi connectivity index (χ0) is 18.9. The summed E-state index contributed by atoms with van der Waals surface area (Å²) in [6.07, 6.45) is 4.81. The smallest absolute Gasteiger partial charge is 0.306 e. The highest BCUT2D eigenvalue weighted by atomic mass is 16.5. The fourth-order valence-electron chi connectivity index (χ4n) is 3.02. The van der Waals surface area contributed by atoms with E-state index in [1.807, 2.05) is 13.8 Å². The first-order chi connectivity index (χ1) is 12.5. The maximum Gasteiger partial charge on any atom is 0.306 e. The second kappa shape index (κ2) is 9.94. The van der Waals surface area contributed by atoms with Crippen molar-refractivity contribution in [3.63, 3.8) is 0 Å². The van der Waals surface area contributed by atoms with Crippen molar-refractivity contribution in [3.8, 4) is 0 Å². The molecule has 1 aromatic carbocycles. The minimum atomic E-state index is -0.450. The van der Waals surface area contributed by atoms with Crippen LogP contribution in [0.2, 0.25) is 0 Å². The second-order valence-corrected chi connectivity index (χ2v) is 7.21. The molecule has 142 valence electrons. The van der Waals surface area contributed by atoms with Crippen LogP contribution in [0.5, 0.6) is 0 Å². The van der Waals surface area contributed by atoms with Gasteiger partial charge < -0.3 is 15.4 Å². The summed E-state index contributed by atoms with van der Waals surface area (Å²) < 4.78 is 5.07. The molecular weight excluding hydrogens is 332 g/mol. The number of amides is 2. The molecule has 0 saturated heterocycles. The molecule has 26 heavy (non-hydrogen) atoms. The molecule has 6 heteroatoms. The quantitative estimate of drug-likeness (QED) is 0.698. The van der Waals surface area contributed by atoms with E-state index >= 15 is 0 Å². The number of nitrogens with one attached hydrogen (secondary N) is 2. The van der Waals surface area contributed by atoms with Gasteiger partial charge >= 0.3 is 5.97 Å². The molecule has 0 spiro atoms. The van der Waals surface area contributed by atoms with Crippen LogP contribution in [-0.2, 0) is 14.3 Å². The van der Waals surface area contributed by atoms with Crippen molar-refractivity contribution in [1.82, 2.24) is 5.32 Å². The number of hydrogen-bond donors (Lipinski definition) is 2. The third-order valence-electron chi connectivity index (χ3n) is 4.41. The summed E-state index contributed by atoms with van der Waals surface area (Å²) in [5, 5.41) is 5.48. The summed E-state index contributed by atoms with van der Waals surface area (Å²) in [6, 6.07) is 6.78. The Morgan fingerprint density at radius 2 is 1.85 bits per heavy atom. The fraction of sp³-hybridized carbons (Fsp3) is 0.550. The Kier molecular flexibility index (Phi) is 7.63. The van der Waals surface area contributed by atoms with Crippen LogP contribution in [0, 0.1) is 11.8 Å². The number of benzene rings is 1. The summed E-state index contributed by atoms with van der Waals surface area (Å²) >= 11 is 0. The largest absolute Gasteiger partial charge is 0.456 e. The van der Waals surface area contributed by atoms with Crippen LogP contribution in [0.3, 0.4) is 0 Å². The molecule has 0 radical (unpaired) electrons. The standard InChI is InChI=1S/C20H28N2O4/c1-14(2)12-21-20(25)16-9-5-6-10-17(16)22-18(23)13-26-19(24)11-15-7-3-4-8-15/h5-6,9-10,14-15H,3-4,7-8,11-13H2,1-2H3,(H,21,25)(H,22,23). The number of rotatable bonds is 8. The zero-order valence-corrected chi connectivity index (χ0v) is 15.5. The minimum Gasteiger partial charge on any atom is -0.456 e. The van der Waals surface area contributed by atoms with E-state index in [2.05, 4.69) is 10.6 Å². The zero-order valence-electron chi connectivity index (χ0n) is 15.5. The lowest BCUT2D eigenvalue weighted by Crippen LogP contribution is -2.29. The van der Waals surface area contributed by atoms with E-state index in [1.165, 1.54) is 0 Å². The van der Waals surface area contributed by atoms with Gasteiger partial charge in [0.15, 0.2) is 6.61 Å². The molecule has 1 aliphatic rings. The third kappa shape index (κ3) is 6.50. The van der Waals surface area contributed by atoms with Gasteiger partial charge in [-0.25, -0.2) is 0 Å². The van der Waals surface area contributed by atoms with E-state index < -0.39 is 5.91 Å². The molecule has 0 aromatic heterocycles. The summed E-state index contributed by atoms with van der Waals surface area (Å²) in [6.45, 7) is 4.23. The van der Waals surface area contributed by atoms with Crippen molar-refractivity contribution < 1.29 is 19.1 Å². The molecule has 2 rings (SSSR count). The number of hydrogen-bond acceptors (Lipinski definition) is 4. The molecule has 0 unspecified atom stereocenters. The highest BCUT2D eigenvalue weighted by molar-refractivity contribution is 6.04. The normalized spacial score (nSPS) is 14.3. The van der Waals surface area contributed by atoms with Gasteiger partial charge in [0, 0.05) is 13.0 Å². The molecule has 0 atom stereocenters. The Morgan fingerprint density at radius 3 is 2.54 bits per heavy atom. The second-order valence-electron chi connectivity index (χ2n) is 7.21. The lowest BCUT2D eigenvalue weighted by atomic mass is 10.0. The van der Waals surface area contributed by atoms with Crippen molar-refractivity contribution in [1.29, 1.82) is 0 Å². The third-order valence-corrected chi connectivity index (χ3v) is 4.41. The number of anilines is 1. The Hall–Kier alpha value is -2.37. The van der Waals surface area contributed by atoms with Gasteiger partial charge in [-0.1, -0.05) is 38.8 Å². The van der Waals surface area contributed by atoms with Gasteiger partial charge in [-0.05, 0) is 36.8 Å². The predicted octanol–water partition coefficient (Wildman–Crippen LogP) is 3.13. The van der Waals surface area contributed by atoms with Gasteiger partial charge in [-0.3, -0.25) is 14.4 Å². The molecule has 1 fully saturated rings. The monoisotopic (exact) mass is 360 g/mol. The first-order valence-corrected chi connectivity index (χ1v) is 9.28. The number of carbonyl (C=O) groups is 3. The molecule has 0 bridgehead atoms. The Bertz CT molecular complexity index is 636. The van der Waals surface area contributed by atoms with Crippen LogP contribution in [-0.4, -0.2) is 30.9 Å². The van der Waals surface area contributed by atoms with Crippen LogP contribution < -0.4 is 10.6 Å². The first-order valence-electron chi connectivity index (χ1n) is 9.28. The van der Waals surface area contributed by atoms with E-state index in [0.717, 1.165) is 25.7 Å².